The summed E-state index contributed by atoms with van der Waals surface area (Å²) in [5, 5.41) is 9.53. The Balaban J connectivity index is 2.63. The largest absolute Gasteiger partial charge is 0.481 e. The molecule has 0 fully saturated rings. The van der Waals surface area contributed by atoms with Crippen LogP contribution in [0.3, 0.4) is 0 Å². The van der Waals surface area contributed by atoms with Gasteiger partial charge in [-0.1, -0.05) is 39.0 Å². The molecule has 0 radical (unpaired) electrons. The fourth-order valence-electron chi connectivity index (χ4n) is 1.80. The number of carboxylic acid groups (broad SMARTS) is 1. The van der Waals surface area contributed by atoms with E-state index in [0.29, 0.717) is 12.5 Å². The second-order valence-electron chi connectivity index (χ2n) is 4.92. The number of unbranched alkanes of at least 4 members (excludes halogenated alkanes) is 1. The van der Waals surface area contributed by atoms with E-state index in [1.807, 2.05) is 6.20 Å². The summed E-state index contributed by atoms with van der Waals surface area (Å²) < 4.78 is 7.66. The Morgan fingerprint density at radius 1 is 1.50 bits per heavy atom. The van der Waals surface area contributed by atoms with Gasteiger partial charge in [-0.05, 0) is 12.3 Å². The lowest BCUT2D eigenvalue weighted by Crippen LogP contribution is -2.12. The molecular formula is C14H24N2O3S. The molecule has 0 unspecified atom stereocenters. The Bertz CT molecular complexity index is 419. The molecule has 114 valence electrons. The van der Waals surface area contributed by atoms with Crippen molar-refractivity contribution in [1.82, 2.24) is 9.55 Å². The maximum absolute atomic E-state index is 10.7. The van der Waals surface area contributed by atoms with Crippen molar-refractivity contribution in [3.05, 3.63) is 11.9 Å². The number of rotatable bonds is 10. The summed E-state index contributed by atoms with van der Waals surface area (Å²) in [4.78, 5) is 15.0. The molecule has 0 aliphatic heterocycles. The molecule has 1 heterocycles. The summed E-state index contributed by atoms with van der Waals surface area (Å²) >= 11 is 1.26. The van der Waals surface area contributed by atoms with Crippen molar-refractivity contribution in [1.29, 1.82) is 0 Å². The van der Waals surface area contributed by atoms with Crippen LogP contribution in [0.4, 0.5) is 0 Å². The van der Waals surface area contributed by atoms with E-state index in [1.54, 1.807) is 0 Å². The van der Waals surface area contributed by atoms with Gasteiger partial charge in [-0.15, -0.1) is 0 Å². The van der Waals surface area contributed by atoms with Gasteiger partial charge in [-0.2, -0.15) is 0 Å². The van der Waals surface area contributed by atoms with E-state index in [0.717, 1.165) is 36.8 Å². The molecular weight excluding hydrogens is 276 g/mol. The molecule has 1 N–H and O–H groups in total. The molecule has 0 aromatic carbocycles. The van der Waals surface area contributed by atoms with E-state index in [-0.39, 0.29) is 5.75 Å². The minimum absolute atomic E-state index is 0.0330. The van der Waals surface area contributed by atoms with E-state index in [4.69, 9.17) is 9.84 Å². The quantitative estimate of drug-likeness (QED) is 0.531. The molecule has 0 bridgehead atoms. The normalized spacial score (nSPS) is 11.2. The minimum atomic E-state index is -0.824. The van der Waals surface area contributed by atoms with Crippen LogP contribution in [0.5, 0.6) is 0 Å². The van der Waals surface area contributed by atoms with Gasteiger partial charge in [0.2, 0.25) is 0 Å². The molecule has 6 heteroatoms. The number of carboxylic acids is 1. The Morgan fingerprint density at radius 3 is 2.85 bits per heavy atom. The smallest absolute Gasteiger partial charge is 0.313 e. The van der Waals surface area contributed by atoms with Gasteiger partial charge in [0, 0.05) is 25.0 Å². The Labute approximate surface area is 124 Å². The minimum Gasteiger partial charge on any atom is -0.481 e. The number of nitrogens with zero attached hydrogens (tertiary/aromatic N) is 2. The number of thioether (sulfide) groups is 1. The lowest BCUT2D eigenvalue weighted by atomic mass is 10.1. The summed E-state index contributed by atoms with van der Waals surface area (Å²) in [7, 11) is 0. The van der Waals surface area contributed by atoms with Crippen LogP contribution in [-0.2, 0) is 16.1 Å². The fraction of sp³-hybridized carbons (Fsp3) is 0.714. The summed E-state index contributed by atoms with van der Waals surface area (Å²) in [6.07, 6.45) is 4.03. The number of imidazole rings is 1. The number of carbonyl (C=O) groups is 1. The molecule has 0 aliphatic rings. The van der Waals surface area contributed by atoms with Crippen LogP contribution < -0.4 is 0 Å². The Kier molecular flexibility index (Phi) is 7.69. The average molecular weight is 300 g/mol. The number of hydrogen-bond acceptors (Lipinski definition) is 4. The maximum atomic E-state index is 10.7. The lowest BCUT2D eigenvalue weighted by Gasteiger charge is -2.13. The number of aromatic nitrogens is 2. The first kappa shape index (κ1) is 17.0. The first-order valence-corrected chi connectivity index (χ1v) is 8.02. The second kappa shape index (κ2) is 9.02. The van der Waals surface area contributed by atoms with Gasteiger partial charge in [0.1, 0.15) is 0 Å². The monoisotopic (exact) mass is 300 g/mol. The molecule has 0 spiro atoms. The average Bonchev–Trinajstić information content (AvgIpc) is 2.79. The molecule has 0 saturated heterocycles. The zero-order valence-corrected chi connectivity index (χ0v) is 13.3. The van der Waals surface area contributed by atoms with Crippen LogP contribution in [-0.4, -0.2) is 39.6 Å². The van der Waals surface area contributed by atoms with E-state index in [9.17, 15) is 4.79 Å². The predicted octanol–water partition coefficient (Wildman–Crippen LogP) is 3.00. The summed E-state index contributed by atoms with van der Waals surface area (Å²) in [6, 6.07) is 0. The van der Waals surface area contributed by atoms with Crippen LogP contribution in [0.25, 0.3) is 0 Å². The molecule has 1 aromatic heterocycles. The van der Waals surface area contributed by atoms with Crippen LogP contribution in [0.15, 0.2) is 11.4 Å². The fourth-order valence-corrected chi connectivity index (χ4v) is 2.53. The second-order valence-corrected chi connectivity index (χ2v) is 5.86. The van der Waals surface area contributed by atoms with Crippen molar-refractivity contribution in [3.8, 4) is 0 Å². The standard InChI is InChI=1S/C14H24N2O3S/c1-4-5-7-19-8-6-16-12(11(2)3)9-15-14(16)20-10-13(17)18/h9,11H,4-8,10H2,1-3H3,(H,17,18). The van der Waals surface area contributed by atoms with Crippen molar-refractivity contribution < 1.29 is 14.6 Å². The van der Waals surface area contributed by atoms with Crippen LogP contribution in [0.2, 0.25) is 0 Å². The molecule has 1 rings (SSSR count). The van der Waals surface area contributed by atoms with Gasteiger partial charge in [-0.25, -0.2) is 4.98 Å². The zero-order valence-electron chi connectivity index (χ0n) is 12.5. The number of ether oxygens (including phenoxy) is 1. The number of aliphatic carboxylic acids is 1. The van der Waals surface area contributed by atoms with Crippen molar-refractivity contribution in [2.75, 3.05) is 19.0 Å². The van der Waals surface area contributed by atoms with Crippen molar-refractivity contribution in [3.63, 3.8) is 0 Å². The van der Waals surface area contributed by atoms with Crippen molar-refractivity contribution in [2.24, 2.45) is 0 Å². The summed E-state index contributed by atoms with van der Waals surface area (Å²) in [5.41, 5.74) is 1.12. The molecule has 5 nitrogen and oxygen atoms in total. The highest BCUT2D eigenvalue weighted by molar-refractivity contribution is 7.99. The molecule has 0 saturated carbocycles. The maximum Gasteiger partial charge on any atom is 0.313 e. The van der Waals surface area contributed by atoms with Crippen LogP contribution >= 0.6 is 11.8 Å². The first-order chi connectivity index (χ1) is 9.56. The van der Waals surface area contributed by atoms with Gasteiger partial charge >= 0.3 is 5.97 Å². The third-order valence-corrected chi connectivity index (χ3v) is 3.84. The van der Waals surface area contributed by atoms with Crippen LogP contribution in [0.1, 0.15) is 45.2 Å². The van der Waals surface area contributed by atoms with E-state index in [2.05, 4.69) is 30.3 Å². The van der Waals surface area contributed by atoms with Crippen molar-refractivity contribution >= 4 is 17.7 Å². The molecule has 0 aliphatic carbocycles. The highest BCUT2D eigenvalue weighted by Gasteiger charge is 2.14. The van der Waals surface area contributed by atoms with Gasteiger partial charge in [0.05, 0.1) is 12.4 Å². The van der Waals surface area contributed by atoms with E-state index < -0.39 is 5.97 Å². The zero-order chi connectivity index (χ0) is 15.0. The van der Waals surface area contributed by atoms with Gasteiger partial charge < -0.3 is 14.4 Å². The molecule has 1 aromatic rings. The summed E-state index contributed by atoms with van der Waals surface area (Å²) in [5.74, 6) is -0.433. The van der Waals surface area contributed by atoms with Gasteiger partial charge in [0.25, 0.3) is 0 Å². The van der Waals surface area contributed by atoms with Gasteiger partial charge in [0.15, 0.2) is 5.16 Å². The SMILES string of the molecule is CCCCOCCn1c(C(C)C)cnc1SCC(=O)O. The third kappa shape index (κ3) is 5.54. The third-order valence-electron chi connectivity index (χ3n) is 2.87. The molecule has 0 atom stereocenters. The van der Waals surface area contributed by atoms with E-state index >= 15 is 0 Å². The molecule has 20 heavy (non-hydrogen) atoms. The number of hydrogen-bond donors (Lipinski definition) is 1. The Hall–Kier alpha value is -1.01. The van der Waals surface area contributed by atoms with E-state index in [1.165, 1.54) is 11.8 Å². The van der Waals surface area contributed by atoms with Crippen molar-refractivity contribution in [2.45, 2.75) is 51.2 Å². The highest BCUT2D eigenvalue weighted by Crippen LogP contribution is 2.23. The highest BCUT2D eigenvalue weighted by atomic mass is 32.2. The lowest BCUT2D eigenvalue weighted by molar-refractivity contribution is -0.133. The molecule has 0 amide bonds. The first-order valence-electron chi connectivity index (χ1n) is 7.04. The van der Waals surface area contributed by atoms with Crippen LogP contribution in [0, 0.1) is 0 Å². The Morgan fingerprint density at radius 2 is 2.25 bits per heavy atom. The topological polar surface area (TPSA) is 64.4 Å². The van der Waals surface area contributed by atoms with Gasteiger partial charge in [-0.3, -0.25) is 4.79 Å². The summed E-state index contributed by atoms with van der Waals surface area (Å²) in [6.45, 7) is 8.49. The predicted molar refractivity (Wildman–Crippen MR) is 80.4 cm³/mol.